The van der Waals surface area contributed by atoms with E-state index in [9.17, 15) is 5.11 Å². The van der Waals surface area contributed by atoms with Crippen LogP contribution < -0.4 is 5.73 Å². The summed E-state index contributed by atoms with van der Waals surface area (Å²) in [5.41, 5.74) is 5.75. The van der Waals surface area contributed by atoms with Crippen molar-refractivity contribution in [1.82, 2.24) is 0 Å². The third-order valence-corrected chi connectivity index (χ3v) is 3.97. The van der Waals surface area contributed by atoms with Crippen LogP contribution in [0, 0.1) is 0 Å². The fourth-order valence-electron chi connectivity index (χ4n) is 1.64. The van der Waals surface area contributed by atoms with Gasteiger partial charge in [0.2, 0.25) is 0 Å². The van der Waals surface area contributed by atoms with Crippen LogP contribution in [-0.2, 0) is 5.60 Å². The zero-order valence-electron chi connectivity index (χ0n) is 10.9. The normalized spacial score (nSPS) is 15.6. The van der Waals surface area contributed by atoms with Gasteiger partial charge in [0.1, 0.15) is 5.60 Å². The maximum Gasteiger partial charge on any atom is 0.103 e. The van der Waals surface area contributed by atoms with E-state index in [0.717, 1.165) is 11.3 Å². The summed E-state index contributed by atoms with van der Waals surface area (Å²) in [7, 11) is 0. The van der Waals surface area contributed by atoms with Gasteiger partial charge in [-0.25, -0.2) is 0 Å². The summed E-state index contributed by atoms with van der Waals surface area (Å²) in [5, 5.41) is 10.5. The van der Waals surface area contributed by atoms with Crippen LogP contribution in [0.15, 0.2) is 30.3 Å². The Bertz CT molecular complexity index is 334. The van der Waals surface area contributed by atoms with Crippen molar-refractivity contribution in [3.05, 3.63) is 35.9 Å². The molecule has 96 valence electrons. The summed E-state index contributed by atoms with van der Waals surface area (Å²) in [6, 6.07) is 9.70. The molecule has 17 heavy (non-hydrogen) atoms. The molecule has 3 N–H and O–H groups in total. The SMILES string of the molecule is CC(C)(C)SCCC(O)(CN)c1ccccc1. The molecule has 0 radical (unpaired) electrons. The van der Waals surface area contributed by atoms with Crippen molar-refractivity contribution in [2.24, 2.45) is 5.73 Å². The Morgan fingerprint density at radius 1 is 1.18 bits per heavy atom. The molecule has 0 bridgehead atoms. The van der Waals surface area contributed by atoms with E-state index >= 15 is 0 Å². The zero-order valence-corrected chi connectivity index (χ0v) is 11.8. The molecule has 0 aromatic heterocycles. The summed E-state index contributed by atoms with van der Waals surface area (Å²) in [6.45, 7) is 6.81. The van der Waals surface area contributed by atoms with E-state index in [2.05, 4.69) is 20.8 Å². The van der Waals surface area contributed by atoms with Crippen LogP contribution in [0.2, 0.25) is 0 Å². The number of nitrogens with two attached hydrogens (primary N) is 1. The van der Waals surface area contributed by atoms with E-state index in [1.54, 1.807) is 0 Å². The molecule has 0 saturated heterocycles. The molecular formula is C14H23NOS. The van der Waals surface area contributed by atoms with Gasteiger partial charge in [0.25, 0.3) is 0 Å². The van der Waals surface area contributed by atoms with Gasteiger partial charge in [-0.1, -0.05) is 51.1 Å². The number of hydrogen-bond acceptors (Lipinski definition) is 3. The van der Waals surface area contributed by atoms with Crippen LogP contribution in [0.25, 0.3) is 0 Å². The van der Waals surface area contributed by atoms with E-state index in [-0.39, 0.29) is 11.3 Å². The molecule has 0 spiro atoms. The number of thioether (sulfide) groups is 1. The number of benzene rings is 1. The first-order valence-corrected chi connectivity index (χ1v) is 6.98. The van der Waals surface area contributed by atoms with Gasteiger partial charge in [-0.3, -0.25) is 0 Å². The monoisotopic (exact) mass is 253 g/mol. The average Bonchev–Trinajstić information content (AvgIpc) is 2.28. The number of aliphatic hydroxyl groups is 1. The lowest BCUT2D eigenvalue weighted by atomic mass is 9.91. The van der Waals surface area contributed by atoms with Crippen molar-refractivity contribution < 1.29 is 5.11 Å². The first kappa shape index (κ1) is 14.6. The minimum Gasteiger partial charge on any atom is -0.384 e. The van der Waals surface area contributed by atoms with Gasteiger partial charge in [0.15, 0.2) is 0 Å². The molecule has 1 unspecified atom stereocenters. The van der Waals surface area contributed by atoms with Gasteiger partial charge in [-0.15, -0.1) is 0 Å². The smallest absolute Gasteiger partial charge is 0.103 e. The predicted octanol–water partition coefficient (Wildman–Crippen LogP) is 2.75. The van der Waals surface area contributed by atoms with Gasteiger partial charge in [-0.2, -0.15) is 11.8 Å². The summed E-state index contributed by atoms with van der Waals surface area (Å²) in [4.78, 5) is 0. The molecule has 2 nitrogen and oxygen atoms in total. The van der Waals surface area contributed by atoms with E-state index < -0.39 is 5.60 Å². The molecule has 0 heterocycles. The second kappa shape index (κ2) is 5.89. The van der Waals surface area contributed by atoms with Gasteiger partial charge >= 0.3 is 0 Å². The van der Waals surface area contributed by atoms with Crippen LogP contribution in [0.5, 0.6) is 0 Å². The molecule has 1 aromatic carbocycles. The molecule has 0 aliphatic carbocycles. The van der Waals surface area contributed by atoms with Crippen LogP contribution in [-0.4, -0.2) is 22.2 Å². The highest BCUT2D eigenvalue weighted by atomic mass is 32.2. The fraction of sp³-hybridized carbons (Fsp3) is 0.571. The average molecular weight is 253 g/mol. The van der Waals surface area contributed by atoms with Crippen molar-refractivity contribution in [2.45, 2.75) is 37.5 Å². The third-order valence-electron chi connectivity index (χ3n) is 2.70. The maximum atomic E-state index is 10.5. The Morgan fingerprint density at radius 3 is 2.24 bits per heavy atom. The van der Waals surface area contributed by atoms with Gasteiger partial charge in [0, 0.05) is 11.3 Å². The van der Waals surface area contributed by atoms with Crippen LogP contribution >= 0.6 is 11.8 Å². The molecule has 1 aromatic rings. The highest BCUT2D eigenvalue weighted by molar-refractivity contribution is 8.00. The van der Waals surface area contributed by atoms with E-state index in [1.807, 2.05) is 42.1 Å². The van der Waals surface area contributed by atoms with Gasteiger partial charge < -0.3 is 10.8 Å². The van der Waals surface area contributed by atoms with Crippen molar-refractivity contribution in [2.75, 3.05) is 12.3 Å². The Kier molecular flexibility index (Phi) is 5.04. The van der Waals surface area contributed by atoms with Crippen LogP contribution in [0.3, 0.4) is 0 Å². The quantitative estimate of drug-likeness (QED) is 0.848. The van der Waals surface area contributed by atoms with Gasteiger partial charge in [-0.05, 0) is 17.7 Å². The lowest BCUT2D eigenvalue weighted by Gasteiger charge is -2.28. The fourth-order valence-corrected chi connectivity index (χ4v) is 2.69. The topological polar surface area (TPSA) is 46.2 Å². The molecule has 0 aliphatic rings. The molecule has 0 fully saturated rings. The summed E-state index contributed by atoms with van der Waals surface area (Å²) < 4.78 is 0.228. The Labute approximate surface area is 109 Å². The first-order valence-electron chi connectivity index (χ1n) is 5.99. The molecule has 1 atom stereocenters. The number of hydrogen-bond donors (Lipinski definition) is 2. The Balaban J connectivity index is 2.64. The van der Waals surface area contributed by atoms with Crippen molar-refractivity contribution in [3.63, 3.8) is 0 Å². The highest BCUT2D eigenvalue weighted by Gasteiger charge is 2.27. The standard InChI is InChI=1S/C14H23NOS/c1-13(2,3)17-10-9-14(16,11-15)12-7-5-4-6-8-12/h4-8,16H,9-11,15H2,1-3H3. The lowest BCUT2D eigenvalue weighted by Crippen LogP contribution is -2.35. The third kappa shape index (κ3) is 4.70. The van der Waals surface area contributed by atoms with Crippen molar-refractivity contribution in [1.29, 1.82) is 0 Å². The second-order valence-corrected chi connectivity index (χ2v) is 7.23. The summed E-state index contributed by atoms with van der Waals surface area (Å²) in [5.74, 6) is 0.909. The minimum atomic E-state index is -0.889. The molecule has 1 rings (SSSR count). The van der Waals surface area contributed by atoms with Crippen LogP contribution in [0.4, 0.5) is 0 Å². The largest absolute Gasteiger partial charge is 0.384 e. The van der Waals surface area contributed by atoms with E-state index in [4.69, 9.17) is 5.73 Å². The zero-order chi connectivity index (χ0) is 12.9. The number of rotatable bonds is 5. The molecule has 0 aliphatic heterocycles. The van der Waals surface area contributed by atoms with Crippen molar-refractivity contribution in [3.8, 4) is 0 Å². The Morgan fingerprint density at radius 2 is 1.76 bits per heavy atom. The minimum absolute atomic E-state index is 0.228. The maximum absolute atomic E-state index is 10.5. The van der Waals surface area contributed by atoms with Crippen molar-refractivity contribution >= 4 is 11.8 Å². The molecule has 0 amide bonds. The van der Waals surface area contributed by atoms with E-state index in [1.165, 1.54) is 0 Å². The van der Waals surface area contributed by atoms with Gasteiger partial charge in [0.05, 0.1) is 0 Å². The molecule has 3 heteroatoms. The summed E-state index contributed by atoms with van der Waals surface area (Å²) >= 11 is 1.85. The van der Waals surface area contributed by atoms with Crippen LogP contribution in [0.1, 0.15) is 32.8 Å². The molecular weight excluding hydrogens is 230 g/mol. The highest BCUT2D eigenvalue weighted by Crippen LogP contribution is 2.30. The Hall–Kier alpha value is -0.510. The summed E-state index contributed by atoms with van der Waals surface area (Å²) in [6.07, 6.45) is 0.690. The molecule has 0 saturated carbocycles. The lowest BCUT2D eigenvalue weighted by molar-refractivity contribution is 0.0431. The van der Waals surface area contributed by atoms with E-state index in [0.29, 0.717) is 6.42 Å². The first-order chi connectivity index (χ1) is 7.87. The second-order valence-electron chi connectivity index (χ2n) is 5.31. The predicted molar refractivity (Wildman–Crippen MR) is 76.2 cm³/mol.